The van der Waals surface area contributed by atoms with Crippen molar-refractivity contribution in [3.05, 3.63) is 90.2 Å². The summed E-state index contributed by atoms with van der Waals surface area (Å²) in [6.45, 7) is -0.382. The van der Waals surface area contributed by atoms with E-state index in [1.54, 1.807) is 18.2 Å². The molecule has 0 bridgehead atoms. The smallest absolute Gasteiger partial charge is 0.311 e. The van der Waals surface area contributed by atoms with Crippen molar-refractivity contribution >= 4 is 23.3 Å². The summed E-state index contributed by atoms with van der Waals surface area (Å²) in [5.41, 5.74) is 2.59. The first-order valence-electron chi connectivity index (χ1n) is 9.93. The number of carbonyl (C=O) groups is 3. The number of amides is 1. The highest BCUT2D eigenvalue weighted by atomic mass is 19.1. The third kappa shape index (κ3) is 4.53. The van der Waals surface area contributed by atoms with Crippen LogP contribution in [0, 0.1) is 11.7 Å². The summed E-state index contributed by atoms with van der Waals surface area (Å²) in [5, 5.41) is 0. The maximum Gasteiger partial charge on any atom is 0.311 e. The second kappa shape index (κ2) is 8.92. The summed E-state index contributed by atoms with van der Waals surface area (Å²) in [7, 11) is 0. The van der Waals surface area contributed by atoms with E-state index >= 15 is 0 Å². The Balaban J connectivity index is 1.34. The maximum absolute atomic E-state index is 14.0. The highest BCUT2D eigenvalue weighted by molar-refractivity contribution is 6.01. The molecule has 6 heteroatoms. The third-order valence-electron chi connectivity index (χ3n) is 5.26. The molecule has 31 heavy (non-hydrogen) atoms. The predicted molar refractivity (Wildman–Crippen MR) is 114 cm³/mol. The number of carbonyl (C=O) groups excluding carboxylic acids is 3. The van der Waals surface area contributed by atoms with Gasteiger partial charge in [0, 0.05) is 18.5 Å². The highest BCUT2D eigenvalue weighted by Gasteiger charge is 2.37. The number of para-hydroxylation sites is 1. The average Bonchev–Trinajstić information content (AvgIpc) is 3.19. The van der Waals surface area contributed by atoms with Crippen molar-refractivity contribution in [2.75, 3.05) is 18.1 Å². The number of ketones is 1. The molecule has 4 rings (SSSR count). The number of ether oxygens (including phenoxy) is 1. The molecule has 1 aliphatic rings. The summed E-state index contributed by atoms with van der Waals surface area (Å²) in [6.07, 6.45) is -0.0763. The Hall–Kier alpha value is -3.80. The van der Waals surface area contributed by atoms with Crippen LogP contribution in [0.25, 0.3) is 11.1 Å². The molecule has 1 amide bonds. The molecule has 0 N–H and O–H groups in total. The Labute approximate surface area is 179 Å². The molecule has 3 aromatic rings. The predicted octanol–water partition coefficient (Wildman–Crippen LogP) is 4.27. The number of Topliss-reactive ketones (excluding diaryl/α,β-unsaturated/α-hetero) is 1. The normalized spacial score (nSPS) is 15.7. The summed E-state index contributed by atoms with van der Waals surface area (Å²) in [5.74, 6) is -2.58. The number of hydrogen-bond acceptors (Lipinski definition) is 4. The molecule has 0 saturated carbocycles. The van der Waals surface area contributed by atoms with E-state index in [1.165, 1.54) is 23.1 Å². The first-order chi connectivity index (χ1) is 15.0. The van der Waals surface area contributed by atoms with Gasteiger partial charge in [0.25, 0.3) is 0 Å². The first-order valence-corrected chi connectivity index (χ1v) is 9.93. The van der Waals surface area contributed by atoms with Crippen molar-refractivity contribution < 1.29 is 23.5 Å². The largest absolute Gasteiger partial charge is 0.457 e. The van der Waals surface area contributed by atoms with Crippen LogP contribution < -0.4 is 4.90 Å². The molecule has 1 fully saturated rings. The third-order valence-corrected chi connectivity index (χ3v) is 5.26. The minimum absolute atomic E-state index is 0.0264. The lowest BCUT2D eigenvalue weighted by Crippen LogP contribution is -2.27. The van der Waals surface area contributed by atoms with Gasteiger partial charge in [-0.3, -0.25) is 14.4 Å². The molecular weight excluding hydrogens is 397 g/mol. The second-order valence-electron chi connectivity index (χ2n) is 7.33. The summed E-state index contributed by atoms with van der Waals surface area (Å²) in [4.78, 5) is 38.3. The van der Waals surface area contributed by atoms with Crippen LogP contribution in [0.15, 0.2) is 78.9 Å². The lowest BCUT2D eigenvalue weighted by molar-refractivity contribution is -0.147. The van der Waals surface area contributed by atoms with Crippen molar-refractivity contribution in [2.45, 2.75) is 6.42 Å². The molecule has 0 unspecified atom stereocenters. The number of benzene rings is 3. The van der Waals surface area contributed by atoms with Crippen LogP contribution >= 0.6 is 0 Å². The minimum Gasteiger partial charge on any atom is -0.457 e. The number of esters is 1. The van der Waals surface area contributed by atoms with Gasteiger partial charge in [0.15, 0.2) is 12.4 Å². The van der Waals surface area contributed by atoms with Crippen LogP contribution in [-0.4, -0.2) is 30.8 Å². The van der Waals surface area contributed by atoms with Crippen molar-refractivity contribution in [1.29, 1.82) is 0 Å². The minimum atomic E-state index is -0.736. The van der Waals surface area contributed by atoms with Crippen LogP contribution in [-0.2, 0) is 14.3 Å². The molecule has 0 aromatic heterocycles. The number of nitrogens with zero attached hydrogens (tertiary/aromatic N) is 1. The Kier molecular flexibility index (Phi) is 5.89. The van der Waals surface area contributed by atoms with E-state index in [9.17, 15) is 18.8 Å². The SMILES string of the molecule is O=C(COC(=O)[C@@H]1CC(=O)N(c2ccccc2F)C1)c1ccc(-c2ccccc2)cc1. The van der Waals surface area contributed by atoms with Gasteiger partial charge in [0.05, 0.1) is 11.6 Å². The van der Waals surface area contributed by atoms with E-state index in [0.717, 1.165) is 11.1 Å². The maximum atomic E-state index is 14.0. The molecule has 0 aliphatic carbocycles. The van der Waals surface area contributed by atoms with Gasteiger partial charge in [-0.15, -0.1) is 0 Å². The molecule has 1 saturated heterocycles. The quantitative estimate of drug-likeness (QED) is 0.444. The fourth-order valence-electron chi connectivity index (χ4n) is 3.59. The molecule has 3 aromatic carbocycles. The van der Waals surface area contributed by atoms with Gasteiger partial charge >= 0.3 is 5.97 Å². The van der Waals surface area contributed by atoms with Crippen LogP contribution in [0.3, 0.4) is 0 Å². The lowest BCUT2D eigenvalue weighted by atomic mass is 10.0. The van der Waals surface area contributed by atoms with Crippen molar-refractivity contribution in [3.63, 3.8) is 0 Å². The van der Waals surface area contributed by atoms with E-state index in [4.69, 9.17) is 4.74 Å². The Morgan fingerprint density at radius 3 is 2.26 bits per heavy atom. The molecule has 1 atom stereocenters. The zero-order valence-corrected chi connectivity index (χ0v) is 16.7. The Bertz CT molecular complexity index is 1110. The zero-order chi connectivity index (χ0) is 21.8. The van der Waals surface area contributed by atoms with E-state index in [1.807, 2.05) is 42.5 Å². The van der Waals surface area contributed by atoms with Crippen LogP contribution in [0.4, 0.5) is 10.1 Å². The van der Waals surface area contributed by atoms with Gasteiger partial charge in [-0.25, -0.2) is 4.39 Å². The number of rotatable bonds is 6. The van der Waals surface area contributed by atoms with Crippen LogP contribution in [0.1, 0.15) is 16.8 Å². The average molecular weight is 417 g/mol. The molecule has 156 valence electrons. The zero-order valence-electron chi connectivity index (χ0n) is 16.7. The fourth-order valence-corrected chi connectivity index (χ4v) is 3.59. The molecule has 1 heterocycles. The number of halogens is 1. The second-order valence-corrected chi connectivity index (χ2v) is 7.33. The molecule has 5 nitrogen and oxygen atoms in total. The van der Waals surface area contributed by atoms with E-state index in [-0.39, 0.29) is 30.3 Å². The van der Waals surface area contributed by atoms with Crippen LogP contribution in [0.5, 0.6) is 0 Å². The van der Waals surface area contributed by atoms with Gasteiger partial charge < -0.3 is 9.64 Å². The number of hydrogen-bond donors (Lipinski definition) is 0. The molecule has 1 aliphatic heterocycles. The standard InChI is InChI=1S/C25H20FNO4/c26-21-8-4-5-9-22(21)27-15-20(14-24(27)29)25(30)31-16-23(28)19-12-10-18(11-13-19)17-6-2-1-3-7-17/h1-13,20H,14-16H2/t20-/m1/s1. The van der Waals surface area contributed by atoms with Crippen LogP contribution in [0.2, 0.25) is 0 Å². The fraction of sp³-hybridized carbons (Fsp3) is 0.160. The Morgan fingerprint density at radius 1 is 0.903 bits per heavy atom. The lowest BCUT2D eigenvalue weighted by Gasteiger charge is -2.17. The molecule has 0 spiro atoms. The molecule has 0 radical (unpaired) electrons. The van der Waals surface area contributed by atoms with E-state index in [0.29, 0.717) is 5.56 Å². The van der Waals surface area contributed by atoms with Gasteiger partial charge in [-0.05, 0) is 23.3 Å². The number of anilines is 1. The Morgan fingerprint density at radius 2 is 1.55 bits per heavy atom. The van der Waals surface area contributed by atoms with Crippen molar-refractivity contribution in [3.8, 4) is 11.1 Å². The van der Waals surface area contributed by atoms with Crippen molar-refractivity contribution in [1.82, 2.24) is 0 Å². The van der Waals surface area contributed by atoms with Gasteiger partial charge in [-0.1, -0.05) is 66.7 Å². The van der Waals surface area contributed by atoms with Gasteiger partial charge in [0.2, 0.25) is 5.91 Å². The summed E-state index contributed by atoms with van der Waals surface area (Å²) >= 11 is 0. The van der Waals surface area contributed by atoms with Crippen molar-refractivity contribution in [2.24, 2.45) is 5.92 Å². The van der Waals surface area contributed by atoms with E-state index in [2.05, 4.69) is 0 Å². The van der Waals surface area contributed by atoms with E-state index < -0.39 is 24.3 Å². The summed E-state index contributed by atoms with van der Waals surface area (Å²) in [6, 6.07) is 22.7. The van der Waals surface area contributed by atoms with Gasteiger partial charge in [-0.2, -0.15) is 0 Å². The summed E-state index contributed by atoms with van der Waals surface area (Å²) < 4.78 is 19.1. The first kappa shape index (κ1) is 20.5. The monoisotopic (exact) mass is 417 g/mol. The highest BCUT2D eigenvalue weighted by Crippen LogP contribution is 2.28. The van der Waals surface area contributed by atoms with Gasteiger partial charge in [0.1, 0.15) is 5.82 Å². The molecular formula is C25H20FNO4. The topological polar surface area (TPSA) is 63.7 Å².